The highest BCUT2D eigenvalue weighted by molar-refractivity contribution is 6.00. The molecule has 0 unspecified atom stereocenters. The molecule has 0 aliphatic heterocycles. The molecule has 0 saturated carbocycles. The van der Waals surface area contributed by atoms with Gasteiger partial charge in [-0.3, -0.25) is 14.4 Å². The molecule has 1 atom stereocenters. The van der Waals surface area contributed by atoms with Gasteiger partial charge >= 0.3 is 5.97 Å². The summed E-state index contributed by atoms with van der Waals surface area (Å²) in [7, 11) is 0. The standard InChI is InChI=1S/C26H28N4O4/c1-4-28-26(34)20-10-11-21-16(2)15-30(23(21)13-20)17(3)25(33)29-22-12-18(14-27)8-9-19(22)6-5-7-24(31)32/h8-13,15,17H,4-7H2,1-3H3,(H,28,34)(H,29,33)(H,31,32)/t17-/m1/s1. The Kier molecular flexibility index (Phi) is 7.69. The van der Waals surface area contributed by atoms with Crippen molar-refractivity contribution in [3.8, 4) is 6.07 Å². The van der Waals surface area contributed by atoms with Gasteiger partial charge in [-0.1, -0.05) is 12.1 Å². The number of nitrogens with zero attached hydrogens (tertiary/aromatic N) is 2. The topological polar surface area (TPSA) is 124 Å². The minimum atomic E-state index is -0.880. The fourth-order valence-electron chi connectivity index (χ4n) is 3.92. The van der Waals surface area contributed by atoms with Crippen molar-refractivity contribution in [2.75, 3.05) is 11.9 Å². The van der Waals surface area contributed by atoms with Gasteiger partial charge in [-0.05, 0) is 69.0 Å². The lowest BCUT2D eigenvalue weighted by Gasteiger charge is -2.18. The summed E-state index contributed by atoms with van der Waals surface area (Å²) >= 11 is 0. The van der Waals surface area contributed by atoms with Crippen LogP contribution in [0.2, 0.25) is 0 Å². The second kappa shape index (κ2) is 10.7. The molecule has 3 rings (SSSR count). The molecule has 34 heavy (non-hydrogen) atoms. The molecule has 3 aromatic rings. The number of fused-ring (bicyclic) bond motifs is 1. The number of rotatable bonds is 9. The number of amides is 2. The molecular weight excluding hydrogens is 432 g/mol. The quantitative estimate of drug-likeness (QED) is 0.442. The smallest absolute Gasteiger partial charge is 0.303 e. The first kappa shape index (κ1) is 24.5. The number of benzene rings is 2. The van der Waals surface area contributed by atoms with Gasteiger partial charge in [0.15, 0.2) is 0 Å². The van der Waals surface area contributed by atoms with E-state index in [1.165, 1.54) is 0 Å². The summed E-state index contributed by atoms with van der Waals surface area (Å²) in [4.78, 5) is 36.4. The van der Waals surface area contributed by atoms with Crippen molar-refractivity contribution in [2.45, 2.75) is 46.1 Å². The van der Waals surface area contributed by atoms with Gasteiger partial charge in [0, 0.05) is 41.3 Å². The Bertz CT molecular complexity index is 1290. The predicted molar refractivity (Wildman–Crippen MR) is 130 cm³/mol. The molecule has 1 aromatic heterocycles. The Morgan fingerprint density at radius 1 is 1.18 bits per heavy atom. The van der Waals surface area contributed by atoms with Crippen LogP contribution in [-0.2, 0) is 16.0 Å². The van der Waals surface area contributed by atoms with E-state index in [9.17, 15) is 19.6 Å². The maximum absolute atomic E-state index is 13.2. The number of aromatic nitrogens is 1. The van der Waals surface area contributed by atoms with Crippen molar-refractivity contribution < 1.29 is 19.5 Å². The molecule has 0 aliphatic rings. The molecule has 0 bridgehead atoms. The maximum atomic E-state index is 13.2. The van der Waals surface area contributed by atoms with Crippen LogP contribution in [0.1, 0.15) is 59.8 Å². The number of anilines is 1. The van der Waals surface area contributed by atoms with Crippen molar-refractivity contribution in [3.63, 3.8) is 0 Å². The van der Waals surface area contributed by atoms with Gasteiger partial charge in [0.2, 0.25) is 5.91 Å². The summed E-state index contributed by atoms with van der Waals surface area (Å²) in [5.41, 5.74) is 3.95. The van der Waals surface area contributed by atoms with Crippen LogP contribution in [0.4, 0.5) is 5.69 Å². The minimum absolute atomic E-state index is 0.0202. The molecule has 0 radical (unpaired) electrons. The SMILES string of the molecule is CCNC(=O)c1ccc2c(C)cn([C@H](C)C(=O)Nc3cc(C#N)ccc3CCCC(=O)O)c2c1. The van der Waals surface area contributed by atoms with Crippen molar-refractivity contribution in [3.05, 3.63) is 64.8 Å². The second-order valence-electron chi connectivity index (χ2n) is 8.21. The van der Waals surface area contributed by atoms with Crippen LogP contribution < -0.4 is 10.6 Å². The number of hydrogen-bond donors (Lipinski definition) is 3. The molecule has 1 heterocycles. The average molecular weight is 461 g/mol. The zero-order chi connectivity index (χ0) is 24.8. The van der Waals surface area contributed by atoms with E-state index >= 15 is 0 Å². The highest BCUT2D eigenvalue weighted by Gasteiger charge is 2.20. The Labute approximate surface area is 198 Å². The molecule has 0 spiro atoms. The van der Waals surface area contributed by atoms with E-state index in [2.05, 4.69) is 16.7 Å². The first-order valence-electron chi connectivity index (χ1n) is 11.2. The van der Waals surface area contributed by atoms with E-state index < -0.39 is 12.0 Å². The monoisotopic (exact) mass is 460 g/mol. The summed E-state index contributed by atoms with van der Waals surface area (Å²) in [6, 6.07) is 11.9. The Morgan fingerprint density at radius 2 is 1.94 bits per heavy atom. The van der Waals surface area contributed by atoms with E-state index in [1.54, 1.807) is 37.3 Å². The van der Waals surface area contributed by atoms with Crippen molar-refractivity contribution >= 4 is 34.4 Å². The molecule has 0 saturated heterocycles. The average Bonchev–Trinajstić information content (AvgIpc) is 3.15. The molecule has 0 fully saturated rings. The predicted octanol–water partition coefficient (Wildman–Crippen LogP) is 4.18. The van der Waals surface area contributed by atoms with E-state index in [-0.39, 0.29) is 18.2 Å². The molecule has 8 nitrogen and oxygen atoms in total. The van der Waals surface area contributed by atoms with Crippen LogP contribution in [0.25, 0.3) is 10.9 Å². The first-order valence-corrected chi connectivity index (χ1v) is 11.2. The third kappa shape index (κ3) is 5.44. The lowest BCUT2D eigenvalue weighted by atomic mass is 10.0. The lowest BCUT2D eigenvalue weighted by molar-refractivity contribution is -0.137. The fraction of sp³-hybridized carbons (Fsp3) is 0.308. The highest BCUT2D eigenvalue weighted by Crippen LogP contribution is 2.27. The van der Waals surface area contributed by atoms with E-state index in [4.69, 9.17) is 5.11 Å². The van der Waals surface area contributed by atoms with E-state index in [1.807, 2.05) is 30.7 Å². The van der Waals surface area contributed by atoms with Gasteiger partial charge in [-0.25, -0.2) is 0 Å². The number of carbonyl (C=O) groups excluding carboxylic acids is 2. The maximum Gasteiger partial charge on any atom is 0.303 e. The number of carboxylic acids is 1. The van der Waals surface area contributed by atoms with Crippen molar-refractivity contribution in [2.24, 2.45) is 0 Å². The third-order valence-corrected chi connectivity index (χ3v) is 5.76. The molecule has 0 aliphatic carbocycles. The van der Waals surface area contributed by atoms with Crippen LogP contribution in [-0.4, -0.2) is 34.0 Å². The first-order chi connectivity index (χ1) is 16.2. The van der Waals surface area contributed by atoms with Crippen molar-refractivity contribution in [1.82, 2.24) is 9.88 Å². The molecular formula is C26H28N4O4. The number of aliphatic carboxylic acids is 1. The van der Waals surface area contributed by atoms with Gasteiger partial charge in [0.05, 0.1) is 11.6 Å². The molecule has 2 aromatic carbocycles. The second-order valence-corrected chi connectivity index (χ2v) is 8.21. The Hall–Kier alpha value is -4.12. The lowest BCUT2D eigenvalue weighted by Crippen LogP contribution is -2.24. The van der Waals surface area contributed by atoms with Gasteiger partial charge in [0.1, 0.15) is 6.04 Å². The molecule has 3 N–H and O–H groups in total. The van der Waals surface area contributed by atoms with Gasteiger partial charge in [0.25, 0.3) is 5.91 Å². The zero-order valence-corrected chi connectivity index (χ0v) is 19.5. The number of carbonyl (C=O) groups is 3. The number of nitrogens with one attached hydrogen (secondary N) is 2. The van der Waals surface area contributed by atoms with Crippen LogP contribution in [0.15, 0.2) is 42.6 Å². The summed E-state index contributed by atoms with van der Waals surface area (Å²) in [5, 5.41) is 24.9. The number of carboxylic acid groups (broad SMARTS) is 1. The highest BCUT2D eigenvalue weighted by atomic mass is 16.4. The normalized spacial score (nSPS) is 11.6. The summed E-state index contributed by atoms with van der Waals surface area (Å²) < 4.78 is 1.83. The van der Waals surface area contributed by atoms with Crippen LogP contribution in [0, 0.1) is 18.3 Å². The molecule has 176 valence electrons. The van der Waals surface area contributed by atoms with Gasteiger partial charge in [-0.2, -0.15) is 5.26 Å². The van der Waals surface area contributed by atoms with Crippen LogP contribution in [0.3, 0.4) is 0 Å². The van der Waals surface area contributed by atoms with E-state index in [0.29, 0.717) is 36.2 Å². The third-order valence-electron chi connectivity index (χ3n) is 5.76. The van der Waals surface area contributed by atoms with Gasteiger partial charge < -0.3 is 20.3 Å². The molecule has 8 heteroatoms. The number of hydrogen-bond acceptors (Lipinski definition) is 4. The summed E-state index contributed by atoms with van der Waals surface area (Å²) in [5.74, 6) is -1.34. The Morgan fingerprint density at radius 3 is 2.62 bits per heavy atom. The summed E-state index contributed by atoms with van der Waals surface area (Å²) in [6.45, 7) is 6.09. The van der Waals surface area contributed by atoms with Crippen LogP contribution >= 0.6 is 0 Å². The largest absolute Gasteiger partial charge is 0.481 e. The van der Waals surface area contributed by atoms with Gasteiger partial charge in [-0.15, -0.1) is 0 Å². The van der Waals surface area contributed by atoms with Crippen LogP contribution in [0.5, 0.6) is 0 Å². The number of nitriles is 1. The Balaban J connectivity index is 1.90. The van der Waals surface area contributed by atoms with E-state index in [0.717, 1.165) is 22.0 Å². The zero-order valence-electron chi connectivity index (χ0n) is 19.5. The minimum Gasteiger partial charge on any atom is -0.481 e. The van der Waals surface area contributed by atoms with Crippen molar-refractivity contribution in [1.29, 1.82) is 5.26 Å². The fourth-order valence-corrected chi connectivity index (χ4v) is 3.92. The summed E-state index contributed by atoms with van der Waals surface area (Å²) in [6.07, 6.45) is 2.79. The number of aryl methyl sites for hydroxylation is 2. The molecule has 2 amide bonds.